The zero-order valence-electron chi connectivity index (χ0n) is 14.7. The molecule has 0 aliphatic carbocycles. The van der Waals surface area contributed by atoms with Crippen molar-refractivity contribution in [1.29, 1.82) is 0 Å². The highest BCUT2D eigenvalue weighted by Gasteiger charge is 2.24. The first-order chi connectivity index (χ1) is 14.2. The van der Waals surface area contributed by atoms with Gasteiger partial charge in [0.1, 0.15) is 21.5 Å². The van der Waals surface area contributed by atoms with Crippen LogP contribution in [0.4, 0.5) is 0 Å². The van der Waals surface area contributed by atoms with E-state index in [1.807, 2.05) is 0 Å². The van der Waals surface area contributed by atoms with Gasteiger partial charge in [0.2, 0.25) is 0 Å². The predicted octanol–water partition coefficient (Wildman–Crippen LogP) is 7.28. The number of carbonyl (C=O) groups is 2. The fourth-order valence-corrected chi connectivity index (χ4v) is 3.24. The monoisotopic (exact) mass is 486 g/mol. The SMILES string of the molecule is O=C(O)c1ccc(Oc2c(Cl)c(Cl)c(Cl)c(Cl)c2Oc2ccc(C(=O)O)cc2)cc1. The average molecular weight is 488 g/mol. The van der Waals surface area contributed by atoms with Gasteiger partial charge in [0.15, 0.2) is 11.5 Å². The lowest BCUT2D eigenvalue weighted by Crippen LogP contribution is -1.98. The van der Waals surface area contributed by atoms with E-state index >= 15 is 0 Å². The van der Waals surface area contributed by atoms with Crippen LogP contribution < -0.4 is 9.47 Å². The Morgan fingerprint density at radius 1 is 0.567 bits per heavy atom. The van der Waals surface area contributed by atoms with Crippen molar-refractivity contribution >= 4 is 58.3 Å². The van der Waals surface area contributed by atoms with Crippen molar-refractivity contribution in [2.24, 2.45) is 0 Å². The summed E-state index contributed by atoms with van der Waals surface area (Å²) in [6.45, 7) is 0. The Hall–Kier alpha value is -2.64. The molecular weight excluding hydrogens is 478 g/mol. The van der Waals surface area contributed by atoms with Gasteiger partial charge in [-0.25, -0.2) is 9.59 Å². The van der Waals surface area contributed by atoms with E-state index in [1.54, 1.807) is 0 Å². The van der Waals surface area contributed by atoms with E-state index < -0.39 is 11.9 Å². The van der Waals surface area contributed by atoms with Crippen molar-refractivity contribution in [2.75, 3.05) is 0 Å². The highest BCUT2D eigenvalue weighted by atomic mass is 35.5. The maximum Gasteiger partial charge on any atom is 0.335 e. The second-order valence-electron chi connectivity index (χ2n) is 5.78. The van der Waals surface area contributed by atoms with E-state index in [9.17, 15) is 9.59 Å². The Labute approximate surface area is 190 Å². The Bertz CT molecular complexity index is 1040. The molecule has 0 saturated carbocycles. The fraction of sp³-hybridized carbons (Fsp3) is 0. The van der Waals surface area contributed by atoms with Crippen molar-refractivity contribution in [3.05, 3.63) is 79.7 Å². The standard InChI is InChI=1S/C20H10Cl4O6/c21-13-14(22)16(24)18(30-12-7-3-10(4-8-12)20(27)28)17(15(13)23)29-11-5-1-9(2-6-11)19(25)26/h1-8H,(H,25,26)(H,27,28). The molecule has 2 N–H and O–H groups in total. The summed E-state index contributed by atoms with van der Waals surface area (Å²) in [6, 6.07) is 11.0. The quantitative estimate of drug-likeness (QED) is 0.280. The van der Waals surface area contributed by atoms with Crippen molar-refractivity contribution in [3.8, 4) is 23.0 Å². The predicted molar refractivity (Wildman–Crippen MR) is 113 cm³/mol. The zero-order valence-corrected chi connectivity index (χ0v) is 17.7. The van der Waals surface area contributed by atoms with Crippen LogP contribution in [0.2, 0.25) is 20.1 Å². The van der Waals surface area contributed by atoms with Crippen LogP contribution in [-0.4, -0.2) is 22.2 Å². The van der Waals surface area contributed by atoms with Gasteiger partial charge in [-0.1, -0.05) is 46.4 Å². The summed E-state index contributed by atoms with van der Waals surface area (Å²) in [5.74, 6) is -1.82. The number of rotatable bonds is 6. The maximum absolute atomic E-state index is 11.0. The van der Waals surface area contributed by atoms with Crippen molar-refractivity contribution in [2.45, 2.75) is 0 Å². The van der Waals surface area contributed by atoms with Crippen LogP contribution in [0.25, 0.3) is 0 Å². The van der Waals surface area contributed by atoms with E-state index in [-0.39, 0.29) is 54.2 Å². The van der Waals surface area contributed by atoms with Crippen LogP contribution >= 0.6 is 46.4 Å². The molecule has 3 aromatic rings. The molecule has 154 valence electrons. The molecule has 3 aromatic carbocycles. The minimum Gasteiger partial charge on any atom is -0.478 e. The number of carboxylic acids is 2. The average Bonchev–Trinajstić information content (AvgIpc) is 2.73. The van der Waals surface area contributed by atoms with E-state index in [0.717, 1.165) is 0 Å². The van der Waals surface area contributed by atoms with Gasteiger partial charge in [-0.15, -0.1) is 0 Å². The van der Waals surface area contributed by atoms with Gasteiger partial charge in [-0.05, 0) is 48.5 Å². The third-order valence-electron chi connectivity index (χ3n) is 3.83. The van der Waals surface area contributed by atoms with Gasteiger partial charge < -0.3 is 19.7 Å². The molecule has 0 bridgehead atoms. The second kappa shape index (κ2) is 9.02. The highest BCUT2D eigenvalue weighted by molar-refractivity contribution is 6.53. The Morgan fingerprint density at radius 3 is 1.13 bits per heavy atom. The van der Waals surface area contributed by atoms with E-state index in [1.165, 1.54) is 48.5 Å². The molecule has 0 amide bonds. The molecule has 0 unspecified atom stereocenters. The summed E-state index contributed by atoms with van der Waals surface area (Å²) in [6.07, 6.45) is 0. The smallest absolute Gasteiger partial charge is 0.335 e. The minimum atomic E-state index is -1.09. The van der Waals surface area contributed by atoms with Gasteiger partial charge in [0, 0.05) is 0 Å². The zero-order chi connectivity index (χ0) is 22.0. The van der Waals surface area contributed by atoms with Crippen LogP contribution in [-0.2, 0) is 0 Å². The maximum atomic E-state index is 11.0. The summed E-state index contributed by atoms with van der Waals surface area (Å²) >= 11 is 24.8. The number of hydrogen-bond acceptors (Lipinski definition) is 4. The molecule has 0 aromatic heterocycles. The summed E-state index contributed by atoms with van der Waals surface area (Å²) in [5.41, 5.74) is 0.131. The normalized spacial score (nSPS) is 10.5. The van der Waals surface area contributed by atoms with Gasteiger partial charge in [0.05, 0.1) is 21.2 Å². The van der Waals surface area contributed by atoms with Crippen LogP contribution in [0.1, 0.15) is 20.7 Å². The van der Waals surface area contributed by atoms with Crippen LogP contribution in [0.3, 0.4) is 0 Å². The molecular formula is C20H10Cl4O6. The number of carboxylic acid groups (broad SMARTS) is 2. The van der Waals surface area contributed by atoms with Gasteiger partial charge in [-0.3, -0.25) is 0 Å². The van der Waals surface area contributed by atoms with Gasteiger partial charge >= 0.3 is 11.9 Å². The fourth-order valence-electron chi connectivity index (χ4n) is 2.34. The van der Waals surface area contributed by atoms with Crippen molar-refractivity contribution < 1.29 is 29.3 Å². The van der Waals surface area contributed by atoms with Gasteiger partial charge in [0.25, 0.3) is 0 Å². The van der Waals surface area contributed by atoms with Crippen molar-refractivity contribution in [3.63, 3.8) is 0 Å². The Morgan fingerprint density at radius 2 is 0.867 bits per heavy atom. The molecule has 0 aliphatic rings. The summed E-state index contributed by atoms with van der Waals surface area (Å²) in [5, 5.41) is 17.7. The topological polar surface area (TPSA) is 93.1 Å². The summed E-state index contributed by atoms with van der Waals surface area (Å²) < 4.78 is 11.5. The van der Waals surface area contributed by atoms with Crippen LogP contribution in [0.5, 0.6) is 23.0 Å². The summed E-state index contributed by atoms with van der Waals surface area (Å²) in [7, 11) is 0. The largest absolute Gasteiger partial charge is 0.478 e. The molecule has 0 heterocycles. The second-order valence-corrected chi connectivity index (χ2v) is 7.29. The molecule has 0 saturated heterocycles. The molecule has 0 atom stereocenters. The molecule has 0 radical (unpaired) electrons. The first-order valence-corrected chi connectivity index (χ1v) is 9.58. The molecule has 10 heteroatoms. The summed E-state index contributed by atoms with van der Waals surface area (Å²) in [4.78, 5) is 22.0. The van der Waals surface area contributed by atoms with Crippen molar-refractivity contribution in [1.82, 2.24) is 0 Å². The van der Waals surface area contributed by atoms with Crippen LogP contribution in [0.15, 0.2) is 48.5 Å². The van der Waals surface area contributed by atoms with Crippen LogP contribution in [0, 0.1) is 0 Å². The third-order valence-corrected chi connectivity index (χ3v) is 5.59. The molecule has 0 aliphatic heterocycles. The van der Waals surface area contributed by atoms with E-state index in [2.05, 4.69) is 0 Å². The first-order valence-electron chi connectivity index (χ1n) is 8.07. The lowest BCUT2D eigenvalue weighted by atomic mass is 10.2. The van der Waals surface area contributed by atoms with E-state index in [0.29, 0.717) is 0 Å². The Kier molecular flexibility index (Phi) is 6.63. The molecule has 0 spiro atoms. The number of ether oxygens (including phenoxy) is 2. The first kappa shape index (κ1) is 22.1. The molecule has 6 nitrogen and oxygen atoms in total. The Balaban J connectivity index is 2.03. The number of benzene rings is 3. The molecule has 30 heavy (non-hydrogen) atoms. The van der Waals surface area contributed by atoms with E-state index in [4.69, 9.17) is 66.1 Å². The van der Waals surface area contributed by atoms with Gasteiger partial charge in [-0.2, -0.15) is 0 Å². The lowest BCUT2D eigenvalue weighted by molar-refractivity contribution is 0.0686. The number of halogens is 4. The molecule has 3 rings (SSSR count). The lowest BCUT2D eigenvalue weighted by Gasteiger charge is -2.17. The number of hydrogen-bond donors (Lipinski definition) is 2. The number of aromatic carboxylic acids is 2. The highest BCUT2D eigenvalue weighted by Crippen LogP contribution is 2.52. The minimum absolute atomic E-state index is 0.0542. The molecule has 0 fully saturated rings. The third kappa shape index (κ3) is 4.57.